The van der Waals surface area contributed by atoms with Gasteiger partial charge in [0.25, 0.3) is 0 Å². The van der Waals surface area contributed by atoms with E-state index in [4.69, 9.17) is 14.2 Å². The topological polar surface area (TPSA) is 175 Å². The fourth-order valence-corrected chi connectivity index (χ4v) is 9.16. The number of carbonyl (C=O) groups is 2. The summed E-state index contributed by atoms with van der Waals surface area (Å²) < 4.78 is 17.6. The minimum Gasteiger partial charge on any atom is -0.454 e. The molecule has 8 unspecified atom stereocenters. The van der Waals surface area contributed by atoms with Gasteiger partial charge in [0.05, 0.1) is 25.4 Å². The van der Waals surface area contributed by atoms with E-state index in [0.717, 1.165) is 109 Å². The van der Waals surface area contributed by atoms with Crippen molar-refractivity contribution in [1.29, 1.82) is 0 Å². The van der Waals surface area contributed by atoms with E-state index in [0.29, 0.717) is 19.3 Å². The molecule has 1 amide bonds. The van der Waals surface area contributed by atoms with Crippen LogP contribution in [0.4, 0.5) is 0 Å². The van der Waals surface area contributed by atoms with Crippen LogP contribution in [0.2, 0.25) is 0 Å². The molecule has 452 valence electrons. The molecule has 0 saturated carbocycles. The lowest BCUT2D eigenvalue weighted by Gasteiger charge is -2.41. The van der Waals surface area contributed by atoms with Crippen LogP contribution in [0.1, 0.15) is 245 Å². The van der Waals surface area contributed by atoms with E-state index in [1.165, 1.54) is 83.5 Å². The average molecular weight is 1110 g/mol. The highest BCUT2D eigenvalue weighted by Crippen LogP contribution is 2.26. The maximum Gasteiger partial charge on any atom is 0.306 e. The van der Waals surface area contributed by atoms with Gasteiger partial charge in [0.1, 0.15) is 24.4 Å². The molecule has 0 aromatic rings. The first-order valence-electron chi connectivity index (χ1n) is 31.7. The van der Waals surface area contributed by atoms with Crippen molar-refractivity contribution >= 4 is 11.9 Å². The molecular weight excluding hydrogens is 991 g/mol. The summed E-state index contributed by atoms with van der Waals surface area (Å²) in [6.45, 7) is 5.62. The highest BCUT2D eigenvalue weighted by molar-refractivity contribution is 5.80. The van der Waals surface area contributed by atoms with E-state index >= 15 is 0 Å². The Kier molecular flexibility index (Phi) is 50.9. The van der Waals surface area contributed by atoms with Gasteiger partial charge in [-0.15, -0.1) is 0 Å². The van der Waals surface area contributed by atoms with E-state index < -0.39 is 67.4 Å². The minimum absolute atomic E-state index is 0.104. The smallest absolute Gasteiger partial charge is 0.306 e. The third-order valence-corrected chi connectivity index (χ3v) is 14.2. The molecule has 6 N–H and O–H groups in total. The zero-order valence-electron chi connectivity index (χ0n) is 50.0. The lowest BCUT2D eigenvalue weighted by atomic mass is 9.99. The summed E-state index contributed by atoms with van der Waals surface area (Å²) in [5, 5.41) is 57.0. The van der Waals surface area contributed by atoms with Crippen LogP contribution < -0.4 is 5.32 Å². The molecule has 11 heteroatoms. The van der Waals surface area contributed by atoms with Crippen LogP contribution in [-0.2, 0) is 23.8 Å². The number of hydrogen-bond acceptors (Lipinski definition) is 10. The second-order valence-electron chi connectivity index (χ2n) is 21.4. The van der Waals surface area contributed by atoms with Gasteiger partial charge >= 0.3 is 5.97 Å². The number of rotatable bonds is 52. The first-order valence-corrected chi connectivity index (χ1v) is 31.7. The van der Waals surface area contributed by atoms with Gasteiger partial charge in [0.2, 0.25) is 5.91 Å². The molecule has 1 saturated heterocycles. The molecule has 1 fully saturated rings. The molecular formula is C68H115NO10. The van der Waals surface area contributed by atoms with Crippen molar-refractivity contribution in [2.75, 3.05) is 13.2 Å². The van der Waals surface area contributed by atoms with Gasteiger partial charge in [-0.1, -0.05) is 239 Å². The second-order valence-corrected chi connectivity index (χ2v) is 21.4. The lowest BCUT2D eigenvalue weighted by molar-refractivity contribution is -0.305. The highest BCUT2D eigenvalue weighted by Gasteiger charge is 2.47. The molecule has 1 aliphatic heterocycles. The Hall–Kier alpha value is -3.68. The Balaban J connectivity index is 2.74. The molecule has 11 nitrogen and oxygen atoms in total. The number of aliphatic hydroxyl groups is 5. The molecule has 0 bridgehead atoms. The van der Waals surface area contributed by atoms with Crippen molar-refractivity contribution in [2.45, 2.75) is 294 Å². The normalized spacial score (nSPS) is 19.6. The third-order valence-electron chi connectivity index (χ3n) is 14.2. The molecule has 0 spiro atoms. The lowest BCUT2D eigenvalue weighted by Crippen LogP contribution is -2.61. The molecule has 79 heavy (non-hydrogen) atoms. The van der Waals surface area contributed by atoms with Crippen LogP contribution in [-0.4, -0.2) is 99.6 Å². The van der Waals surface area contributed by atoms with Gasteiger partial charge in [-0.05, 0) is 109 Å². The SMILES string of the molecule is CC/C=C\C/C=C\C/C=C\C/C=C\C/C=C\C/C=C\CCCC(O)C(=O)NC(COC1OC(CO)C(O)C(O)C1OC(=O)CCCCCCCCC/C=C\C/C=C\CCCCC)C(O)/C=C/CCCCCCCCCCCCC. The number of esters is 1. The maximum atomic E-state index is 13.4. The first-order chi connectivity index (χ1) is 38.7. The standard InChI is InChI=1S/C68H115NO10/c1-4-7-10-13-16-19-22-25-27-29-30-31-33-34-37-40-43-46-49-52-55-61(72)67(76)69-59(60(71)54-51-48-45-42-39-36-24-21-18-15-12-9-6-3)58-77-68-66(65(75)64(74)62(57-70)78-68)79-63(73)56-53-50-47-44-41-38-35-32-28-26-23-20-17-14-11-8-5-2/h7,10,16-17,19-20,25-28,30-31,34,37,43,46,51,54,59-62,64-66,68,70-72,74-75H,4-6,8-9,11-15,18,21-24,29,32-33,35-36,38-42,44-45,47-50,52-53,55-58H2,1-3H3,(H,69,76)/b10-7-,19-16-,20-17-,27-25-,28-26-,31-30-,37-34-,46-43-,54-51+. The van der Waals surface area contributed by atoms with Crippen LogP contribution in [0.15, 0.2) is 109 Å². The van der Waals surface area contributed by atoms with Crippen molar-refractivity contribution in [3.63, 3.8) is 0 Å². The van der Waals surface area contributed by atoms with Crippen molar-refractivity contribution < 1.29 is 49.3 Å². The summed E-state index contributed by atoms with van der Waals surface area (Å²) >= 11 is 0. The molecule has 1 aliphatic rings. The average Bonchev–Trinajstić information content (AvgIpc) is 3.49. The zero-order valence-corrected chi connectivity index (χ0v) is 50.0. The zero-order chi connectivity index (χ0) is 57.5. The number of unbranched alkanes of at least 4 members (excludes halogenated alkanes) is 22. The van der Waals surface area contributed by atoms with E-state index in [9.17, 15) is 35.1 Å². The number of ether oxygens (including phenoxy) is 3. The number of hydrogen-bond donors (Lipinski definition) is 6. The van der Waals surface area contributed by atoms with E-state index in [1.807, 2.05) is 12.2 Å². The number of allylic oxidation sites excluding steroid dienone is 17. The molecule has 0 aliphatic carbocycles. The third kappa shape index (κ3) is 42.8. The van der Waals surface area contributed by atoms with Gasteiger partial charge in [-0.25, -0.2) is 0 Å². The number of carbonyl (C=O) groups excluding carboxylic acids is 2. The monoisotopic (exact) mass is 1110 g/mol. The molecule has 8 atom stereocenters. The summed E-state index contributed by atoms with van der Waals surface area (Å²) in [6, 6.07) is -1.06. The number of nitrogens with one attached hydrogen (secondary N) is 1. The summed E-state index contributed by atoms with van der Waals surface area (Å²) in [4.78, 5) is 26.6. The number of amides is 1. The van der Waals surface area contributed by atoms with Gasteiger partial charge in [-0.3, -0.25) is 9.59 Å². The van der Waals surface area contributed by atoms with Gasteiger partial charge in [0, 0.05) is 6.42 Å². The van der Waals surface area contributed by atoms with Crippen LogP contribution in [0.3, 0.4) is 0 Å². The molecule has 0 radical (unpaired) electrons. The van der Waals surface area contributed by atoms with Crippen LogP contribution in [0, 0.1) is 0 Å². The summed E-state index contributed by atoms with van der Waals surface area (Å²) in [6.07, 6.45) is 64.0. The predicted octanol–water partition coefficient (Wildman–Crippen LogP) is 15.3. The Bertz CT molecular complexity index is 1700. The minimum atomic E-state index is -1.63. The fraction of sp³-hybridized carbons (Fsp3) is 0.706. The van der Waals surface area contributed by atoms with Crippen LogP contribution in [0.5, 0.6) is 0 Å². The largest absolute Gasteiger partial charge is 0.454 e. The Labute approximate surface area is 481 Å². The second kappa shape index (κ2) is 54.9. The number of aliphatic hydroxyl groups excluding tert-OH is 5. The van der Waals surface area contributed by atoms with Crippen molar-refractivity contribution in [3.05, 3.63) is 109 Å². The summed E-state index contributed by atoms with van der Waals surface area (Å²) in [5.41, 5.74) is 0. The quantitative estimate of drug-likeness (QED) is 0.0195. The van der Waals surface area contributed by atoms with Crippen molar-refractivity contribution in [3.8, 4) is 0 Å². The predicted molar refractivity (Wildman–Crippen MR) is 328 cm³/mol. The molecule has 0 aromatic heterocycles. The fourth-order valence-electron chi connectivity index (χ4n) is 9.16. The highest BCUT2D eigenvalue weighted by atomic mass is 16.7. The Morgan fingerprint density at radius 1 is 0.506 bits per heavy atom. The molecule has 1 rings (SSSR count). The summed E-state index contributed by atoms with van der Waals surface area (Å²) in [7, 11) is 0. The van der Waals surface area contributed by atoms with Gasteiger partial charge < -0.3 is 45.1 Å². The van der Waals surface area contributed by atoms with E-state index in [2.05, 4.69) is 117 Å². The summed E-state index contributed by atoms with van der Waals surface area (Å²) in [5.74, 6) is -1.25. The maximum absolute atomic E-state index is 13.4. The van der Waals surface area contributed by atoms with E-state index in [1.54, 1.807) is 6.08 Å². The van der Waals surface area contributed by atoms with Crippen LogP contribution >= 0.6 is 0 Å². The Morgan fingerprint density at radius 3 is 1.39 bits per heavy atom. The molecule has 0 aromatic carbocycles. The van der Waals surface area contributed by atoms with Gasteiger partial charge in [0.15, 0.2) is 12.4 Å². The van der Waals surface area contributed by atoms with Gasteiger partial charge in [-0.2, -0.15) is 0 Å². The molecule has 1 heterocycles. The van der Waals surface area contributed by atoms with Crippen LogP contribution in [0.25, 0.3) is 0 Å². The van der Waals surface area contributed by atoms with E-state index in [-0.39, 0.29) is 19.4 Å². The van der Waals surface area contributed by atoms with Crippen molar-refractivity contribution in [1.82, 2.24) is 5.32 Å². The van der Waals surface area contributed by atoms with Crippen molar-refractivity contribution in [2.24, 2.45) is 0 Å². The Morgan fingerprint density at radius 2 is 0.911 bits per heavy atom. The first kappa shape index (κ1) is 73.3.